The summed E-state index contributed by atoms with van der Waals surface area (Å²) in [6, 6.07) is 0. The number of hydrogen-bond acceptors (Lipinski definition) is 5. The maximum atomic E-state index is 11.2. The molecule has 0 fully saturated rings. The molecule has 0 atom stereocenters. The maximum Gasteiger partial charge on any atom is 0.287 e. The highest BCUT2D eigenvalue weighted by Gasteiger charge is 2.10. The Hall–Kier alpha value is -1.69. The average Bonchev–Trinajstić information content (AvgIpc) is 2.04. The molecule has 13 heavy (non-hydrogen) atoms. The van der Waals surface area contributed by atoms with E-state index in [1.807, 2.05) is 0 Å². The van der Waals surface area contributed by atoms with Crippen LogP contribution in [-0.4, -0.2) is 22.9 Å². The van der Waals surface area contributed by atoms with Crippen molar-refractivity contribution in [2.45, 2.75) is 6.92 Å². The molecule has 0 bridgehead atoms. The van der Waals surface area contributed by atoms with Gasteiger partial charge in [-0.15, -0.1) is 0 Å². The summed E-state index contributed by atoms with van der Waals surface area (Å²) in [4.78, 5) is 19.0. The van der Waals surface area contributed by atoms with E-state index in [0.717, 1.165) is 0 Å². The van der Waals surface area contributed by atoms with Gasteiger partial charge in [-0.05, 0) is 6.92 Å². The minimum absolute atomic E-state index is 0.125. The Balaban J connectivity index is 2.95. The van der Waals surface area contributed by atoms with Gasteiger partial charge < -0.3 is 5.73 Å². The SMILES string of the molecule is CNNC(=O)c1ncc(C)nc1N. The van der Waals surface area contributed by atoms with E-state index in [1.54, 1.807) is 14.0 Å². The summed E-state index contributed by atoms with van der Waals surface area (Å²) in [5.74, 6) is -0.264. The summed E-state index contributed by atoms with van der Waals surface area (Å²) in [5.41, 5.74) is 11.1. The molecular formula is C7H11N5O. The second-order valence-electron chi connectivity index (χ2n) is 2.45. The van der Waals surface area contributed by atoms with Crippen LogP contribution in [-0.2, 0) is 0 Å². The molecule has 1 amide bonds. The lowest BCUT2D eigenvalue weighted by atomic mass is 10.3. The standard InChI is InChI=1S/C7H11N5O/c1-4-3-10-5(6(8)11-4)7(13)12-9-2/h3,9H,1-2H3,(H2,8,11)(H,12,13). The number of carbonyl (C=O) groups is 1. The third-order valence-electron chi connectivity index (χ3n) is 1.37. The van der Waals surface area contributed by atoms with Crippen LogP contribution in [0.25, 0.3) is 0 Å². The molecule has 1 aromatic heterocycles. The van der Waals surface area contributed by atoms with Gasteiger partial charge in [0.25, 0.3) is 5.91 Å². The number of amides is 1. The number of carbonyl (C=O) groups excluding carboxylic acids is 1. The molecule has 0 unspecified atom stereocenters. The normalized spacial score (nSPS) is 9.69. The van der Waals surface area contributed by atoms with E-state index in [2.05, 4.69) is 20.8 Å². The molecule has 0 aliphatic rings. The third-order valence-corrected chi connectivity index (χ3v) is 1.37. The molecule has 1 rings (SSSR count). The molecule has 4 N–H and O–H groups in total. The Bertz CT molecular complexity index is 325. The molecule has 0 spiro atoms. The van der Waals surface area contributed by atoms with Crippen LogP contribution < -0.4 is 16.6 Å². The van der Waals surface area contributed by atoms with Crippen molar-refractivity contribution in [2.75, 3.05) is 12.8 Å². The highest BCUT2D eigenvalue weighted by Crippen LogP contribution is 2.04. The number of nitrogens with one attached hydrogen (secondary N) is 2. The molecule has 0 aromatic carbocycles. The zero-order valence-electron chi connectivity index (χ0n) is 7.46. The first kappa shape index (κ1) is 9.40. The lowest BCUT2D eigenvalue weighted by Gasteiger charge is -2.04. The lowest BCUT2D eigenvalue weighted by Crippen LogP contribution is -2.35. The van der Waals surface area contributed by atoms with Crippen LogP contribution in [0.15, 0.2) is 6.20 Å². The van der Waals surface area contributed by atoms with Gasteiger partial charge >= 0.3 is 0 Å². The molecule has 6 nitrogen and oxygen atoms in total. The third kappa shape index (κ3) is 2.12. The second-order valence-corrected chi connectivity index (χ2v) is 2.45. The quantitative estimate of drug-likeness (QED) is 0.521. The van der Waals surface area contributed by atoms with Gasteiger partial charge in [-0.25, -0.2) is 15.4 Å². The van der Waals surface area contributed by atoms with Crippen LogP contribution in [0.3, 0.4) is 0 Å². The smallest absolute Gasteiger partial charge is 0.287 e. The number of nitrogen functional groups attached to an aromatic ring is 1. The fourth-order valence-corrected chi connectivity index (χ4v) is 0.844. The van der Waals surface area contributed by atoms with Gasteiger partial charge in [-0.3, -0.25) is 10.2 Å². The number of nitrogens with zero attached hydrogens (tertiary/aromatic N) is 2. The highest BCUT2D eigenvalue weighted by molar-refractivity contribution is 5.95. The molecule has 0 radical (unpaired) electrons. The summed E-state index contributed by atoms with van der Waals surface area (Å²) >= 11 is 0. The van der Waals surface area contributed by atoms with Crippen LogP contribution in [0.1, 0.15) is 16.2 Å². The van der Waals surface area contributed by atoms with Crippen LogP contribution in [0.4, 0.5) is 5.82 Å². The molecule has 0 saturated heterocycles. The first-order chi connectivity index (χ1) is 6.15. The number of hydrazine groups is 1. The van der Waals surface area contributed by atoms with E-state index in [1.165, 1.54) is 6.20 Å². The van der Waals surface area contributed by atoms with E-state index in [0.29, 0.717) is 5.69 Å². The summed E-state index contributed by atoms with van der Waals surface area (Å²) < 4.78 is 0. The van der Waals surface area contributed by atoms with Gasteiger partial charge in [0.2, 0.25) is 0 Å². The molecule has 1 aromatic rings. The molecule has 1 heterocycles. The van der Waals surface area contributed by atoms with Gasteiger partial charge in [0, 0.05) is 13.2 Å². The molecule has 0 saturated carbocycles. The average molecular weight is 181 g/mol. The van der Waals surface area contributed by atoms with Crippen molar-refractivity contribution in [2.24, 2.45) is 0 Å². The highest BCUT2D eigenvalue weighted by atomic mass is 16.2. The second kappa shape index (κ2) is 3.81. The minimum atomic E-state index is -0.396. The van der Waals surface area contributed by atoms with E-state index < -0.39 is 5.91 Å². The number of aryl methyl sites for hydroxylation is 1. The monoisotopic (exact) mass is 181 g/mol. The van der Waals surface area contributed by atoms with Gasteiger partial charge in [-0.1, -0.05) is 0 Å². The molecule has 70 valence electrons. The molecule has 0 aliphatic carbocycles. The summed E-state index contributed by atoms with van der Waals surface area (Å²) in [7, 11) is 1.58. The predicted molar refractivity (Wildman–Crippen MR) is 47.7 cm³/mol. The first-order valence-electron chi connectivity index (χ1n) is 3.71. The van der Waals surface area contributed by atoms with Crippen LogP contribution in [0, 0.1) is 6.92 Å². The summed E-state index contributed by atoms with van der Waals surface area (Å²) in [5, 5.41) is 0. The van der Waals surface area contributed by atoms with Crippen molar-refractivity contribution >= 4 is 11.7 Å². The topological polar surface area (TPSA) is 92.9 Å². The fourth-order valence-electron chi connectivity index (χ4n) is 0.844. The largest absolute Gasteiger partial charge is 0.382 e. The van der Waals surface area contributed by atoms with Crippen LogP contribution >= 0.6 is 0 Å². The number of anilines is 1. The van der Waals surface area contributed by atoms with Crippen molar-refractivity contribution in [3.8, 4) is 0 Å². The van der Waals surface area contributed by atoms with Gasteiger partial charge in [-0.2, -0.15) is 0 Å². The van der Waals surface area contributed by atoms with Crippen molar-refractivity contribution in [3.63, 3.8) is 0 Å². The number of aromatic nitrogens is 2. The summed E-state index contributed by atoms with van der Waals surface area (Å²) in [6.07, 6.45) is 1.49. The van der Waals surface area contributed by atoms with E-state index in [4.69, 9.17) is 5.73 Å². The van der Waals surface area contributed by atoms with E-state index in [9.17, 15) is 4.79 Å². The molecule has 6 heteroatoms. The predicted octanol–water partition coefficient (Wildman–Crippen LogP) is -0.769. The van der Waals surface area contributed by atoms with Crippen LogP contribution in [0.2, 0.25) is 0 Å². The Labute approximate surface area is 75.5 Å². The van der Waals surface area contributed by atoms with E-state index >= 15 is 0 Å². The Kier molecular flexibility index (Phi) is 2.76. The number of rotatable bonds is 2. The maximum absolute atomic E-state index is 11.2. The van der Waals surface area contributed by atoms with E-state index in [-0.39, 0.29) is 11.5 Å². The Morgan fingerprint density at radius 3 is 2.85 bits per heavy atom. The van der Waals surface area contributed by atoms with Gasteiger partial charge in [0.1, 0.15) is 0 Å². The summed E-state index contributed by atoms with van der Waals surface area (Å²) in [6.45, 7) is 1.75. The molecule has 0 aliphatic heterocycles. The fraction of sp³-hybridized carbons (Fsp3) is 0.286. The first-order valence-corrected chi connectivity index (χ1v) is 3.71. The Morgan fingerprint density at radius 1 is 1.62 bits per heavy atom. The number of nitrogens with two attached hydrogens (primary N) is 1. The van der Waals surface area contributed by atoms with Crippen molar-refractivity contribution in [1.29, 1.82) is 0 Å². The van der Waals surface area contributed by atoms with Gasteiger partial charge in [0.15, 0.2) is 11.5 Å². The Morgan fingerprint density at radius 2 is 2.31 bits per heavy atom. The van der Waals surface area contributed by atoms with Crippen LogP contribution in [0.5, 0.6) is 0 Å². The van der Waals surface area contributed by atoms with Gasteiger partial charge in [0.05, 0.1) is 5.69 Å². The van der Waals surface area contributed by atoms with Crippen molar-refractivity contribution < 1.29 is 4.79 Å². The van der Waals surface area contributed by atoms with Crippen molar-refractivity contribution in [1.82, 2.24) is 20.8 Å². The zero-order chi connectivity index (χ0) is 9.84. The zero-order valence-corrected chi connectivity index (χ0v) is 7.46. The van der Waals surface area contributed by atoms with Crippen molar-refractivity contribution in [3.05, 3.63) is 17.6 Å². The number of hydrogen-bond donors (Lipinski definition) is 3. The molecular weight excluding hydrogens is 170 g/mol. The lowest BCUT2D eigenvalue weighted by molar-refractivity contribution is 0.0933. The minimum Gasteiger partial charge on any atom is -0.382 e.